The molecule has 0 spiro atoms. The minimum absolute atomic E-state index is 0.0594. The Kier molecular flexibility index (Phi) is 2.66. The number of hydrogen-bond acceptors (Lipinski definition) is 1. The van der Waals surface area contributed by atoms with Crippen molar-refractivity contribution < 1.29 is 5.11 Å². The number of rotatable bonds is 1. The zero-order chi connectivity index (χ0) is 12.8. The van der Waals surface area contributed by atoms with Crippen molar-refractivity contribution in [3.63, 3.8) is 0 Å². The highest BCUT2D eigenvalue weighted by Crippen LogP contribution is 2.39. The Morgan fingerprint density at radius 1 is 1.11 bits per heavy atom. The van der Waals surface area contributed by atoms with E-state index in [2.05, 4.69) is 29.0 Å². The molecule has 4 rings (SSSR count). The van der Waals surface area contributed by atoms with Crippen LogP contribution in [0, 0.1) is 0 Å². The van der Waals surface area contributed by atoms with Crippen LogP contribution >= 0.6 is 0 Å². The molecule has 19 heavy (non-hydrogen) atoms. The number of nitrogens with zero attached hydrogens (tertiary/aromatic N) is 1. The maximum absolute atomic E-state index is 9.69. The van der Waals surface area contributed by atoms with E-state index < -0.39 is 0 Å². The van der Waals surface area contributed by atoms with E-state index >= 15 is 0 Å². The zero-order valence-electron chi connectivity index (χ0n) is 11.3. The van der Waals surface area contributed by atoms with Gasteiger partial charge in [0.25, 0.3) is 0 Å². The summed E-state index contributed by atoms with van der Waals surface area (Å²) in [5.41, 5.74) is 4.53. The lowest BCUT2D eigenvalue weighted by atomic mass is 9.82. The molecule has 1 aliphatic carbocycles. The van der Waals surface area contributed by atoms with Gasteiger partial charge in [-0.3, -0.25) is 0 Å². The van der Waals surface area contributed by atoms with Crippen LogP contribution in [0.25, 0.3) is 10.9 Å². The molecule has 2 aliphatic rings. The maximum atomic E-state index is 9.69. The van der Waals surface area contributed by atoms with Gasteiger partial charge >= 0.3 is 0 Å². The molecule has 1 aliphatic heterocycles. The first-order valence-electron chi connectivity index (χ1n) is 7.61. The molecule has 0 atom stereocenters. The first-order chi connectivity index (χ1) is 9.33. The third kappa shape index (κ3) is 1.81. The summed E-state index contributed by atoms with van der Waals surface area (Å²) in [6.45, 7) is 1.17. The number of aromatic nitrogens is 1. The summed E-state index contributed by atoms with van der Waals surface area (Å²) in [5, 5.41) is 11.2. The fourth-order valence-corrected chi connectivity index (χ4v) is 4.00. The van der Waals surface area contributed by atoms with Gasteiger partial charge in [0, 0.05) is 18.1 Å². The summed E-state index contributed by atoms with van der Waals surface area (Å²) in [7, 11) is 0. The Balaban J connectivity index is 1.81. The fraction of sp³-hybridized carbons (Fsp3) is 0.529. The third-order valence-electron chi connectivity index (χ3n) is 4.99. The van der Waals surface area contributed by atoms with E-state index in [9.17, 15) is 5.11 Å². The van der Waals surface area contributed by atoms with E-state index in [0.29, 0.717) is 5.92 Å². The predicted octanol–water partition coefficient (Wildman–Crippen LogP) is 3.61. The molecule has 0 bridgehead atoms. The van der Waals surface area contributed by atoms with Crippen LogP contribution in [0.3, 0.4) is 0 Å². The lowest BCUT2D eigenvalue weighted by molar-refractivity contribution is 0.122. The Bertz CT molecular complexity index is 605. The van der Waals surface area contributed by atoms with E-state index in [1.54, 1.807) is 0 Å². The van der Waals surface area contributed by atoms with Crippen LogP contribution < -0.4 is 0 Å². The molecule has 2 aromatic rings. The third-order valence-corrected chi connectivity index (χ3v) is 4.99. The second-order valence-corrected chi connectivity index (χ2v) is 6.20. The smallest absolute Gasteiger partial charge is 0.0540 e. The van der Waals surface area contributed by atoms with Crippen molar-refractivity contribution in [1.82, 2.24) is 4.57 Å². The molecule has 2 nitrogen and oxygen atoms in total. The average Bonchev–Trinajstić information content (AvgIpc) is 2.82. The minimum Gasteiger partial charge on any atom is -0.393 e. The second-order valence-electron chi connectivity index (χ2n) is 6.20. The molecule has 0 radical (unpaired) electrons. The van der Waals surface area contributed by atoms with Gasteiger partial charge in [-0.25, -0.2) is 0 Å². The highest BCUT2D eigenvalue weighted by Gasteiger charge is 2.25. The largest absolute Gasteiger partial charge is 0.393 e. The molecular weight excluding hydrogens is 234 g/mol. The summed E-state index contributed by atoms with van der Waals surface area (Å²) < 4.78 is 2.47. The minimum atomic E-state index is -0.0594. The van der Waals surface area contributed by atoms with Gasteiger partial charge in [-0.1, -0.05) is 18.2 Å². The van der Waals surface area contributed by atoms with Crippen LogP contribution in [0.5, 0.6) is 0 Å². The lowest BCUT2D eigenvalue weighted by Crippen LogP contribution is -2.16. The zero-order valence-corrected chi connectivity index (χ0v) is 11.3. The van der Waals surface area contributed by atoms with E-state index in [0.717, 1.165) is 25.7 Å². The van der Waals surface area contributed by atoms with Crippen molar-refractivity contribution in [2.24, 2.45) is 0 Å². The summed E-state index contributed by atoms with van der Waals surface area (Å²) in [6, 6.07) is 6.79. The lowest BCUT2D eigenvalue weighted by Gasteiger charge is -2.25. The van der Waals surface area contributed by atoms with Gasteiger partial charge in [-0.2, -0.15) is 0 Å². The SMILES string of the molecule is OC1CCC(c2cn3c4c(cccc24)CCC3)CC1. The number of para-hydroxylation sites is 1. The Labute approximate surface area is 114 Å². The van der Waals surface area contributed by atoms with Crippen LogP contribution in [-0.2, 0) is 13.0 Å². The van der Waals surface area contributed by atoms with E-state index in [1.807, 2.05) is 0 Å². The fourth-order valence-electron chi connectivity index (χ4n) is 4.00. The number of benzene rings is 1. The van der Waals surface area contributed by atoms with E-state index in [-0.39, 0.29) is 6.10 Å². The van der Waals surface area contributed by atoms with Gasteiger partial charge in [0.15, 0.2) is 0 Å². The van der Waals surface area contributed by atoms with Gasteiger partial charge < -0.3 is 9.67 Å². The topological polar surface area (TPSA) is 25.2 Å². The predicted molar refractivity (Wildman–Crippen MR) is 77.5 cm³/mol. The van der Waals surface area contributed by atoms with Gasteiger partial charge in [0.1, 0.15) is 0 Å². The highest BCUT2D eigenvalue weighted by molar-refractivity contribution is 5.87. The normalized spacial score (nSPS) is 26.8. The van der Waals surface area contributed by atoms with Gasteiger partial charge in [-0.15, -0.1) is 0 Å². The standard InChI is InChI=1S/C17H21NO/c19-14-8-6-12(7-9-14)16-11-18-10-2-4-13-3-1-5-15(16)17(13)18/h1,3,5,11-12,14,19H,2,4,6-10H2. The molecule has 1 saturated carbocycles. The molecule has 0 amide bonds. The molecular formula is C17H21NO. The molecule has 0 saturated heterocycles. The molecule has 0 unspecified atom stereocenters. The molecule has 1 N–H and O–H groups in total. The quantitative estimate of drug-likeness (QED) is 0.827. The van der Waals surface area contributed by atoms with E-state index in [4.69, 9.17) is 0 Å². The highest BCUT2D eigenvalue weighted by atomic mass is 16.3. The molecule has 1 fully saturated rings. The Morgan fingerprint density at radius 2 is 1.95 bits per heavy atom. The Morgan fingerprint density at radius 3 is 2.79 bits per heavy atom. The Hall–Kier alpha value is -1.28. The second kappa shape index (κ2) is 4.38. The van der Waals surface area contributed by atoms with Crippen LogP contribution in [0.15, 0.2) is 24.4 Å². The molecule has 2 heterocycles. The number of hydrogen-bond donors (Lipinski definition) is 1. The monoisotopic (exact) mass is 255 g/mol. The summed E-state index contributed by atoms with van der Waals surface area (Å²) in [4.78, 5) is 0. The van der Waals surface area contributed by atoms with Crippen molar-refractivity contribution >= 4 is 10.9 Å². The number of aliphatic hydroxyl groups excluding tert-OH is 1. The van der Waals surface area contributed by atoms with Gasteiger partial charge in [-0.05, 0) is 55.6 Å². The van der Waals surface area contributed by atoms with Crippen molar-refractivity contribution in [3.05, 3.63) is 35.5 Å². The van der Waals surface area contributed by atoms with Crippen molar-refractivity contribution in [1.29, 1.82) is 0 Å². The van der Waals surface area contributed by atoms with Crippen molar-refractivity contribution in [2.45, 2.75) is 57.1 Å². The maximum Gasteiger partial charge on any atom is 0.0540 e. The van der Waals surface area contributed by atoms with Gasteiger partial charge in [0.2, 0.25) is 0 Å². The van der Waals surface area contributed by atoms with Crippen LogP contribution in [-0.4, -0.2) is 15.8 Å². The van der Waals surface area contributed by atoms with Crippen molar-refractivity contribution in [3.8, 4) is 0 Å². The molecule has 1 aromatic heterocycles. The van der Waals surface area contributed by atoms with Crippen LogP contribution in [0.1, 0.15) is 49.1 Å². The summed E-state index contributed by atoms with van der Waals surface area (Å²) >= 11 is 0. The average molecular weight is 255 g/mol. The van der Waals surface area contributed by atoms with E-state index in [1.165, 1.54) is 41.4 Å². The molecule has 1 aromatic carbocycles. The molecule has 100 valence electrons. The number of aryl methyl sites for hydroxylation is 2. The van der Waals surface area contributed by atoms with Crippen molar-refractivity contribution in [2.75, 3.05) is 0 Å². The number of aliphatic hydroxyl groups is 1. The van der Waals surface area contributed by atoms with Crippen LogP contribution in [0.2, 0.25) is 0 Å². The van der Waals surface area contributed by atoms with Crippen LogP contribution in [0.4, 0.5) is 0 Å². The first-order valence-corrected chi connectivity index (χ1v) is 7.61. The summed E-state index contributed by atoms with van der Waals surface area (Å²) in [5.74, 6) is 0.653. The first kappa shape index (κ1) is 11.5. The van der Waals surface area contributed by atoms with Gasteiger partial charge in [0.05, 0.1) is 11.6 Å². The summed E-state index contributed by atoms with van der Waals surface area (Å²) in [6.07, 6.45) is 9.06. The molecule has 2 heteroatoms.